The van der Waals surface area contributed by atoms with Gasteiger partial charge in [-0.15, -0.1) is 0 Å². The molecule has 4 heteroatoms. The van der Waals surface area contributed by atoms with Gasteiger partial charge in [-0.25, -0.2) is 4.79 Å². The highest BCUT2D eigenvalue weighted by molar-refractivity contribution is 5.83. The molecule has 0 unspecified atom stereocenters. The van der Waals surface area contributed by atoms with Crippen molar-refractivity contribution in [1.29, 1.82) is 0 Å². The molecule has 0 aliphatic rings. The lowest BCUT2D eigenvalue weighted by molar-refractivity contribution is 0.795. The summed E-state index contributed by atoms with van der Waals surface area (Å²) < 4.78 is 3.36. The van der Waals surface area contributed by atoms with Crippen LogP contribution in [0.5, 0.6) is 0 Å². The maximum atomic E-state index is 12.0. The molecule has 22 heavy (non-hydrogen) atoms. The Labute approximate surface area is 130 Å². The van der Waals surface area contributed by atoms with Crippen LogP contribution in [-0.2, 0) is 14.1 Å². The third-order valence-electron chi connectivity index (χ3n) is 4.28. The number of nitrogens with zero attached hydrogens (tertiary/aromatic N) is 3. The maximum absolute atomic E-state index is 12.0. The number of fused-ring (bicyclic) bond motifs is 1. The summed E-state index contributed by atoms with van der Waals surface area (Å²) in [6.07, 6.45) is 0. The van der Waals surface area contributed by atoms with Gasteiger partial charge in [0.1, 0.15) is 0 Å². The molecule has 0 atom stereocenters. The van der Waals surface area contributed by atoms with Crippen LogP contribution in [0, 0.1) is 6.92 Å². The van der Waals surface area contributed by atoms with Crippen LogP contribution < -0.4 is 5.69 Å². The Hall–Kier alpha value is -2.36. The molecule has 3 aromatic rings. The van der Waals surface area contributed by atoms with Gasteiger partial charge in [0.15, 0.2) is 0 Å². The van der Waals surface area contributed by atoms with Gasteiger partial charge in [-0.05, 0) is 36.6 Å². The van der Waals surface area contributed by atoms with E-state index in [9.17, 15) is 4.79 Å². The first kappa shape index (κ1) is 14.6. The normalized spacial score (nSPS) is 11.5. The number of hydrogen-bond acceptors (Lipinski definition) is 2. The molecule has 0 fully saturated rings. The fourth-order valence-corrected chi connectivity index (χ4v) is 2.88. The highest BCUT2D eigenvalue weighted by atomic mass is 16.1. The lowest BCUT2D eigenvalue weighted by Crippen LogP contribution is -2.19. The largest absolute Gasteiger partial charge is 0.328 e. The van der Waals surface area contributed by atoms with E-state index >= 15 is 0 Å². The van der Waals surface area contributed by atoms with Crippen LogP contribution in [0.15, 0.2) is 35.1 Å². The van der Waals surface area contributed by atoms with E-state index in [2.05, 4.69) is 38.1 Å². The van der Waals surface area contributed by atoms with Crippen LogP contribution in [-0.4, -0.2) is 14.1 Å². The monoisotopic (exact) mass is 295 g/mol. The van der Waals surface area contributed by atoms with Gasteiger partial charge in [0.2, 0.25) is 0 Å². The number of hydrogen-bond donors (Lipinski definition) is 0. The third-order valence-corrected chi connectivity index (χ3v) is 4.28. The van der Waals surface area contributed by atoms with E-state index in [0.717, 1.165) is 33.5 Å². The van der Waals surface area contributed by atoms with Crippen LogP contribution in [0.3, 0.4) is 0 Å². The second-order valence-electron chi connectivity index (χ2n) is 6.13. The molecule has 0 aliphatic heterocycles. The van der Waals surface area contributed by atoms with Gasteiger partial charge in [-0.3, -0.25) is 14.1 Å². The Bertz CT molecular complexity index is 916. The Kier molecular flexibility index (Phi) is 3.39. The minimum Gasteiger partial charge on any atom is -0.295 e. The predicted molar refractivity (Wildman–Crippen MR) is 90.2 cm³/mol. The van der Waals surface area contributed by atoms with Gasteiger partial charge in [-0.1, -0.05) is 26.0 Å². The zero-order valence-electron chi connectivity index (χ0n) is 13.7. The van der Waals surface area contributed by atoms with Crippen molar-refractivity contribution in [3.05, 3.63) is 52.2 Å². The van der Waals surface area contributed by atoms with Crippen molar-refractivity contribution < 1.29 is 0 Å². The summed E-state index contributed by atoms with van der Waals surface area (Å²) in [5.74, 6) is 0.421. The van der Waals surface area contributed by atoms with Crippen molar-refractivity contribution in [2.45, 2.75) is 26.7 Å². The molecule has 0 saturated carbocycles. The third kappa shape index (κ3) is 2.15. The first-order valence-corrected chi connectivity index (χ1v) is 7.53. The van der Waals surface area contributed by atoms with Crippen LogP contribution in [0.1, 0.15) is 31.2 Å². The Morgan fingerprint density at radius 1 is 1.00 bits per heavy atom. The van der Waals surface area contributed by atoms with Gasteiger partial charge in [-0.2, -0.15) is 0 Å². The van der Waals surface area contributed by atoms with E-state index in [0.29, 0.717) is 5.92 Å². The van der Waals surface area contributed by atoms with Crippen molar-refractivity contribution in [1.82, 2.24) is 14.1 Å². The zero-order chi connectivity index (χ0) is 16.0. The zero-order valence-corrected chi connectivity index (χ0v) is 13.7. The molecule has 0 bridgehead atoms. The van der Waals surface area contributed by atoms with E-state index in [1.165, 1.54) is 0 Å². The van der Waals surface area contributed by atoms with E-state index in [1.807, 2.05) is 13.0 Å². The first-order valence-electron chi connectivity index (χ1n) is 7.53. The summed E-state index contributed by atoms with van der Waals surface area (Å²) >= 11 is 0. The van der Waals surface area contributed by atoms with Gasteiger partial charge in [0.25, 0.3) is 0 Å². The molecule has 2 aromatic heterocycles. The first-order chi connectivity index (χ1) is 10.4. The number of aryl methyl sites for hydroxylation is 3. The number of rotatable bonds is 2. The Morgan fingerprint density at radius 2 is 1.68 bits per heavy atom. The summed E-state index contributed by atoms with van der Waals surface area (Å²) in [6.45, 7) is 6.33. The van der Waals surface area contributed by atoms with Gasteiger partial charge in [0.05, 0.1) is 11.0 Å². The molecule has 4 nitrogen and oxygen atoms in total. The molecule has 0 radical (unpaired) electrons. The van der Waals surface area contributed by atoms with Crippen LogP contribution in [0.4, 0.5) is 0 Å². The Balaban J connectivity index is 2.19. The lowest BCUT2D eigenvalue weighted by Gasteiger charge is -2.10. The minimum atomic E-state index is -0.00264. The number of pyridine rings is 1. The number of benzene rings is 1. The van der Waals surface area contributed by atoms with E-state index in [-0.39, 0.29) is 5.69 Å². The highest BCUT2D eigenvalue weighted by Gasteiger charge is 2.11. The predicted octanol–water partition coefficient (Wildman–Crippen LogP) is 3.37. The molecule has 0 amide bonds. The Morgan fingerprint density at radius 3 is 2.32 bits per heavy atom. The molecule has 0 saturated heterocycles. The van der Waals surface area contributed by atoms with Crippen LogP contribution in [0.2, 0.25) is 0 Å². The van der Waals surface area contributed by atoms with Crippen LogP contribution in [0.25, 0.3) is 22.2 Å². The topological polar surface area (TPSA) is 39.8 Å². The summed E-state index contributed by atoms with van der Waals surface area (Å²) in [6, 6.07) is 10.3. The molecule has 2 heterocycles. The average molecular weight is 295 g/mol. The van der Waals surface area contributed by atoms with Gasteiger partial charge < -0.3 is 0 Å². The summed E-state index contributed by atoms with van der Waals surface area (Å²) in [7, 11) is 3.61. The molecule has 3 rings (SSSR count). The van der Waals surface area contributed by atoms with Crippen molar-refractivity contribution >= 4 is 11.0 Å². The SMILES string of the molecule is Cc1nc(C(C)C)ccc1-c1ccc2c(c1)n(C)c(=O)n2C. The fourth-order valence-electron chi connectivity index (χ4n) is 2.88. The van der Waals surface area contributed by atoms with Gasteiger partial charge in [0, 0.05) is 31.0 Å². The second kappa shape index (κ2) is 5.13. The van der Waals surface area contributed by atoms with E-state index < -0.39 is 0 Å². The molecule has 1 aromatic carbocycles. The lowest BCUT2D eigenvalue weighted by atomic mass is 10.0. The molecule has 0 spiro atoms. The second-order valence-corrected chi connectivity index (χ2v) is 6.13. The number of aromatic nitrogens is 3. The smallest absolute Gasteiger partial charge is 0.295 e. The minimum absolute atomic E-state index is 0.00264. The summed E-state index contributed by atoms with van der Waals surface area (Å²) in [4.78, 5) is 16.7. The molecular formula is C18H21N3O. The number of imidazole rings is 1. The van der Waals surface area contributed by atoms with E-state index in [1.54, 1.807) is 23.2 Å². The molecule has 114 valence electrons. The molecular weight excluding hydrogens is 274 g/mol. The standard InChI is InChI=1S/C18H21N3O/c1-11(2)15-8-7-14(12(3)19-15)13-6-9-16-17(10-13)21(5)18(22)20(16)4/h6-11H,1-5H3. The highest BCUT2D eigenvalue weighted by Crippen LogP contribution is 2.27. The van der Waals surface area contributed by atoms with E-state index in [4.69, 9.17) is 4.98 Å². The maximum Gasteiger partial charge on any atom is 0.328 e. The summed E-state index contributed by atoms with van der Waals surface area (Å²) in [5.41, 5.74) is 6.22. The summed E-state index contributed by atoms with van der Waals surface area (Å²) in [5, 5.41) is 0. The van der Waals surface area contributed by atoms with Gasteiger partial charge >= 0.3 is 5.69 Å². The molecule has 0 aliphatic carbocycles. The van der Waals surface area contributed by atoms with Crippen molar-refractivity contribution in [3.63, 3.8) is 0 Å². The molecule has 0 N–H and O–H groups in total. The van der Waals surface area contributed by atoms with Crippen molar-refractivity contribution in [2.75, 3.05) is 0 Å². The quantitative estimate of drug-likeness (QED) is 0.727. The van der Waals surface area contributed by atoms with Crippen molar-refractivity contribution in [3.8, 4) is 11.1 Å². The van der Waals surface area contributed by atoms with Crippen LogP contribution >= 0.6 is 0 Å². The van der Waals surface area contributed by atoms with Crippen molar-refractivity contribution in [2.24, 2.45) is 14.1 Å². The average Bonchev–Trinajstić information content (AvgIpc) is 2.71. The fraction of sp³-hybridized carbons (Fsp3) is 0.333.